The molecule has 0 radical (unpaired) electrons. The molecule has 1 aliphatic rings. The summed E-state index contributed by atoms with van der Waals surface area (Å²) in [7, 11) is 1.51. The Morgan fingerprint density at radius 3 is 2.58 bits per heavy atom. The number of hydrogen-bond donors (Lipinski definition) is 1. The number of thiocarbonyl (C=S) groups is 1. The Labute approximate surface area is 165 Å². The maximum atomic E-state index is 13.0. The first-order valence-electron chi connectivity index (χ1n) is 7.42. The minimum atomic E-state index is -0.603. The van der Waals surface area contributed by atoms with Crippen LogP contribution in [0.25, 0.3) is 6.08 Å². The lowest BCUT2D eigenvalue weighted by molar-refractivity contribution is -0.122. The number of carbonyl (C=O) groups is 2. The molecule has 1 saturated heterocycles. The van der Waals surface area contributed by atoms with Crippen LogP contribution in [0.5, 0.6) is 5.75 Å². The predicted molar refractivity (Wildman–Crippen MR) is 106 cm³/mol. The number of anilines is 1. The van der Waals surface area contributed by atoms with Gasteiger partial charge in [-0.3, -0.25) is 19.8 Å². The maximum absolute atomic E-state index is 13.0. The molecule has 0 atom stereocenters. The van der Waals surface area contributed by atoms with Gasteiger partial charge in [0.05, 0.1) is 22.8 Å². The lowest BCUT2D eigenvalue weighted by Gasteiger charge is -2.29. The van der Waals surface area contributed by atoms with Crippen LogP contribution < -0.4 is 15.0 Å². The number of rotatable bonds is 3. The number of methoxy groups -OCH3 is 1. The van der Waals surface area contributed by atoms with E-state index in [1.165, 1.54) is 13.2 Å². The van der Waals surface area contributed by atoms with Gasteiger partial charge in [0.1, 0.15) is 11.3 Å². The Kier molecular flexibility index (Phi) is 5.27. The Morgan fingerprint density at radius 2 is 1.85 bits per heavy atom. The molecular formula is C18H12Cl2N2O3S. The van der Waals surface area contributed by atoms with Crippen LogP contribution in [0.3, 0.4) is 0 Å². The number of halogens is 2. The van der Waals surface area contributed by atoms with Crippen LogP contribution in [0.1, 0.15) is 5.56 Å². The third-order valence-electron chi connectivity index (χ3n) is 3.71. The fourth-order valence-electron chi connectivity index (χ4n) is 2.48. The predicted octanol–water partition coefficient (Wildman–Crippen LogP) is 3.83. The zero-order chi connectivity index (χ0) is 18.8. The average molecular weight is 407 g/mol. The summed E-state index contributed by atoms with van der Waals surface area (Å²) in [5.41, 5.74) is 0.776. The van der Waals surface area contributed by atoms with Gasteiger partial charge in [0.25, 0.3) is 11.8 Å². The summed E-state index contributed by atoms with van der Waals surface area (Å²) in [6.45, 7) is 0. The summed E-state index contributed by atoms with van der Waals surface area (Å²) in [4.78, 5) is 26.5. The van der Waals surface area contributed by atoms with Crippen molar-refractivity contribution < 1.29 is 14.3 Å². The number of ether oxygens (including phenoxy) is 1. The van der Waals surface area contributed by atoms with Crippen LogP contribution in [0, 0.1) is 0 Å². The highest BCUT2D eigenvalue weighted by Gasteiger charge is 2.35. The minimum Gasteiger partial charge on any atom is -0.496 e. The molecule has 3 rings (SSSR count). The van der Waals surface area contributed by atoms with Crippen LogP contribution in [-0.4, -0.2) is 24.0 Å². The second-order valence-corrected chi connectivity index (χ2v) is 6.44. The van der Waals surface area contributed by atoms with Crippen molar-refractivity contribution in [1.82, 2.24) is 5.32 Å². The van der Waals surface area contributed by atoms with E-state index >= 15 is 0 Å². The van der Waals surface area contributed by atoms with Crippen molar-refractivity contribution in [2.24, 2.45) is 0 Å². The molecule has 8 heteroatoms. The summed E-state index contributed by atoms with van der Waals surface area (Å²) < 4.78 is 5.26. The zero-order valence-corrected chi connectivity index (χ0v) is 15.8. The van der Waals surface area contributed by atoms with E-state index in [9.17, 15) is 9.59 Å². The molecule has 132 valence electrons. The highest BCUT2D eigenvalue weighted by Crippen LogP contribution is 2.34. The molecule has 0 unspecified atom stereocenters. The van der Waals surface area contributed by atoms with E-state index in [1.54, 1.807) is 42.5 Å². The molecule has 0 saturated carbocycles. The molecule has 1 N–H and O–H groups in total. The SMILES string of the molecule is COc1ccccc1/C=C1\C(=O)NC(=S)N(c2cccc(Cl)c2Cl)C1=O. The van der Waals surface area contributed by atoms with Crippen molar-refractivity contribution >= 4 is 64.1 Å². The van der Waals surface area contributed by atoms with E-state index in [0.717, 1.165) is 4.90 Å². The molecule has 0 spiro atoms. The van der Waals surface area contributed by atoms with Gasteiger partial charge >= 0.3 is 0 Å². The monoisotopic (exact) mass is 406 g/mol. The van der Waals surface area contributed by atoms with Gasteiger partial charge < -0.3 is 4.74 Å². The second kappa shape index (κ2) is 7.45. The lowest BCUT2D eigenvalue weighted by Crippen LogP contribution is -2.54. The van der Waals surface area contributed by atoms with Gasteiger partial charge in [-0.1, -0.05) is 47.5 Å². The van der Waals surface area contributed by atoms with Crippen LogP contribution in [-0.2, 0) is 9.59 Å². The molecule has 0 aliphatic carbocycles. The van der Waals surface area contributed by atoms with Crippen molar-refractivity contribution in [2.75, 3.05) is 12.0 Å². The third-order valence-corrected chi connectivity index (χ3v) is 4.81. The molecule has 2 amide bonds. The van der Waals surface area contributed by atoms with Gasteiger partial charge in [-0.2, -0.15) is 0 Å². The van der Waals surface area contributed by atoms with Gasteiger partial charge in [0, 0.05) is 5.56 Å². The molecule has 0 aromatic heterocycles. The first-order valence-corrected chi connectivity index (χ1v) is 8.59. The molecule has 1 fully saturated rings. The Balaban J connectivity index is 2.09. The molecule has 1 heterocycles. The topological polar surface area (TPSA) is 58.6 Å². The lowest BCUT2D eigenvalue weighted by atomic mass is 10.1. The molecule has 0 bridgehead atoms. The van der Waals surface area contributed by atoms with Crippen LogP contribution in [0.4, 0.5) is 5.69 Å². The number of hydrogen-bond acceptors (Lipinski definition) is 4. The van der Waals surface area contributed by atoms with Crippen LogP contribution in [0.15, 0.2) is 48.0 Å². The van der Waals surface area contributed by atoms with E-state index in [2.05, 4.69) is 5.32 Å². The number of carbonyl (C=O) groups excluding carboxylic acids is 2. The van der Waals surface area contributed by atoms with Gasteiger partial charge in [-0.25, -0.2) is 0 Å². The standard InChI is InChI=1S/C18H12Cl2N2O3S/c1-25-14-8-3-2-5-10(14)9-11-16(23)21-18(26)22(17(11)24)13-7-4-6-12(19)15(13)20/h2-9H,1H3,(H,21,23,26)/b11-9+. The van der Waals surface area contributed by atoms with E-state index in [-0.39, 0.29) is 20.7 Å². The Morgan fingerprint density at radius 1 is 1.12 bits per heavy atom. The smallest absolute Gasteiger partial charge is 0.270 e. The number of amides is 2. The number of nitrogens with one attached hydrogen (secondary N) is 1. The van der Waals surface area contributed by atoms with E-state index < -0.39 is 11.8 Å². The Hall–Kier alpha value is -2.41. The van der Waals surface area contributed by atoms with Crippen molar-refractivity contribution in [2.45, 2.75) is 0 Å². The van der Waals surface area contributed by atoms with Crippen molar-refractivity contribution in [3.8, 4) is 5.75 Å². The second-order valence-electron chi connectivity index (χ2n) is 5.27. The van der Waals surface area contributed by atoms with Crippen molar-refractivity contribution in [3.63, 3.8) is 0 Å². The van der Waals surface area contributed by atoms with Crippen molar-refractivity contribution in [1.29, 1.82) is 0 Å². The fourth-order valence-corrected chi connectivity index (χ4v) is 3.14. The summed E-state index contributed by atoms with van der Waals surface area (Å²) in [5, 5.41) is 2.87. The summed E-state index contributed by atoms with van der Waals surface area (Å²) in [5.74, 6) is -0.671. The Bertz CT molecular complexity index is 959. The zero-order valence-electron chi connectivity index (χ0n) is 13.5. The van der Waals surface area contributed by atoms with Crippen molar-refractivity contribution in [3.05, 3.63) is 63.6 Å². The summed E-state index contributed by atoms with van der Waals surface area (Å²) in [6.07, 6.45) is 1.45. The molecular weight excluding hydrogens is 395 g/mol. The largest absolute Gasteiger partial charge is 0.496 e. The number of para-hydroxylation sites is 1. The summed E-state index contributed by atoms with van der Waals surface area (Å²) in [6, 6.07) is 11.8. The quantitative estimate of drug-likeness (QED) is 0.477. The highest BCUT2D eigenvalue weighted by atomic mass is 35.5. The molecule has 1 aliphatic heterocycles. The van der Waals surface area contributed by atoms with E-state index in [0.29, 0.717) is 17.0 Å². The van der Waals surface area contributed by atoms with Crippen LogP contribution >= 0.6 is 35.4 Å². The van der Waals surface area contributed by atoms with Gasteiger partial charge in [0.15, 0.2) is 5.11 Å². The highest BCUT2D eigenvalue weighted by molar-refractivity contribution is 7.80. The molecule has 26 heavy (non-hydrogen) atoms. The maximum Gasteiger partial charge on any atom is 0.270 e. The van der Waals surface area contributed by atoms with E-state index in [1.807, 2.05) is 0 Å². The van der Waals surface area contributed by atoms with Gasteiger partial charge in [-0.05, 0) is 36.5 Å². The molecule has 5 nitrogen and oxygen atoms in total. The molecule has 2 aromatic rings. The first kappa shape index (κ1) is 18.4. The third kappa shape index (κ3) is 3.31. The van der Waals surface area contributed by atoms with Gasteiger partial charge in [-0.15, -0.1) is 0 Å². The molecule has 2 aromatic carbocycles. The minimum absolute atomic E-state index is 0.0682. The van der Waals surface area contributed by atoms with E-state index in [4.69, 9.17) is 40.2 Å². The normalized spacial score (nSPS) is 16.0. The fraction of sp³-hybridized carbons (Fsp3) is 0.0556. The summed E-state index contributed by atoms with van der Waals surface area (Å²) >= 11 is 17.4. The van der Waals surface area contributed by atoms with Crippen LogP contribution in [0.2, 0.25) is 10.0 Å². The van der Waals surface area contributed by atoms with Gasteiger partial charge in [0.2, 0.25) is 0 Å². The average Bonchev–Trinajstić information content (AvgIpc) is 2.62. The number of nitrogens with zero attached hydrogens (tertiary/aromatic N) is 1. The first-order chi connectivity index (χ1) is 12.4. The number of benzene rings is 2.